The SMILES string of the molecule is CCCCOc1ccc(CNc2ccc(C)nc2C)cc1. The highest BCUT2D eigenvalue weighted by atomic mass is 16.5. The van der Waals surface area contributed by atoms with Crippen LogP contribution in [0.3, 0.4) is 0 Å². The van der Waals surface area contributed by atoms with Crippen LogP contribution in [0.4, 0.5) is 5.69 Å². The molecule has 2 aromatic rings. The van der Waals surface area contributed by atoms with Gasteiger partial charge in [0.15, 0.2) is 0 Å². The number of nitrogens with zero attached hydrogens (tertiary/aromatic N) is 1. The molecule has 112 valence electrons. The van der Waals surface area contributed by atoms with Crippen LogP contribution in [0.15, 0.2) is 36.4 Å². The number of unbranched alkanes of at least 4 members (excludes halogenated alkanes) is 1. The smallest absolute Gasteiger partial charge is 0.119 e. The summed E-state index contributed by atoms with van der Waals surface area (Å²) in [4.78, 5) is 4.46. The number of hydrogen-bond acceptors (Lipinski definition) is 3. The van der Waals surface area contributed by atoms with E-state index in [0.29, 0.717) is 0 Å². The average molecular weight is 284 g/mol. The van der Waals surface area contributed by atoms with Crippen LogP contribution in [0.25, 0.3) is 0 Å². The molecule has 3 nitrogen and oxygen atoms in total. The van der Waals surface area contributed by atoms with Gasteiger partial charge in [0.2, 0.25) is 0 Å². The summed E-state index contributed by atoms with van der Waals surface area (Å²) in [6.07, 6.45) is 2.26. The van der Waals surface area contributed by atoms with Gasteiger partial charge in [-0.1, -0.05) is 25.5 Å². The summed E-state index contributed by atoms with van der Waals surface area (Å²) in [6.45, 7) is 7.79. The van der Waals surface area contributed by atoms with E-state index < -0.39 is 0 Å². The average Bonchev–Trinajstić information content (AvgIpc) is 2.48. The summed E-state index contributed by atoms with van der Waals surface area (Å²) in [5, 5.41) is 3.42. The highest BCUT2D eigenvalue weighted by molar-refractivity contribution is 5.48. The molecule has 0 amide bonds. The number of aryl methyl sites for hydroxylation is 2. The Balaban J connectivity index is 1.88. The van der Waals surface area contributed by atoms with E-state index in [1.165, 1.54) is 5.56 Å². The van der Waals surface area contributed by atoms with Crippen LogP contribution in [0.2, 0.25) is 0 Å². The van der Waals surface area contributed by atoms with E-state index in [0.717, 1.165) is 48.8 Å². The lowest BCUT2D eigenvalue weighted by Crippen LogP contribution is -2.03. The second-order valence-corrected chi connectivity index (χ2v) is 5.29. The van der Waals surface area contributed by atoms with Gasteiger partial charge in [0.05, 0.1) is 18.0 Å². The first-order valence-electron chi connectivity index (χ1n) is 7.59. The molecule has 0 bridgehead atoms. The van der Waals surface area contributed by atoms with Crippen LogP contribution in [0.1, 0.15) is 36.7 Å². The van der Waals surface area contributed by atoms with Gasteiger partial charge in [-0.05, 0) is 50.1 Å². The van der Waals surface area contributed by atoms with Crippen molar-refractivity contribution in [2.24, 2.45) is 0 Å². The van der Waals surface area contributed by atoms with Gasteiger partial charge in [-0.2, -0.15) is 0 Å². The molecule has 3 heteroatoms. The molecule has 1 heterocycles. The second-order valence-electron chi connectivity index (χ2n) is 5.29. The molecule has 1 aromatic carbocycles. The molecule has 0 aliphatic carbocycles. The number of pyridine rings is 1. The Labute approximate surface area is 127 Å². The normalized spacial score (nSPS) is 10.4. The van der Waals surface area contributed by atoms with Crippen LogP contribution in [-0.2, 0) is 6.54 Å². The zero-order valence-corrected chi connectivity index (χ0v) is 13.1. The van der Waals surface area contributed by atoms with Crippen molar-refractivity contribution < 1.29 is 4.74 Å². The molecule has 0 spiro atoms. The van der Waals surface area contributed by atoms with Gasteiger partial charge in [0, 0.05) is 12.2 Å². The van der Waals surface area contributed by atoms with Crippen molar-refractivity contribution >= 4 is 5.69 Å². The molecule has 0 fully saturated rings. The fraction of sp³-hybridized carbons (Fsp3) is 0.389. The number of ether oxygens (including phenoxy) is 1. The highest BCUT2D eigenvalue weighted by Crippen LogP contribution is 2.16. The number of rotatable bonds is 7. The summed E-state index contributed by atoms with van der Waals surface area (Å²) in [5.41, 5.74) is 4.41. The first-order chi connectivity index (χ1) is 10.2. The Morgan fingerprint density at radius 2 is 1.81 bits per heavy atom. The third-order valence-electron chi connectivity index (χ3n) is 3.40. The molecule has 0 atom stereocenters. The number of hydrogen-bond donors (Lipinski definition) is 1. The fourth-order valence-corrected chi connectivity index (χ4v) is 2.11. The van der Waals surface area contributed by atoms with Crippen LogP contribution in [0, 0.1) is 13.8 Å². The van der Waals surface area contributed by atoms with Gasteiger partial charge in [0.1, 0.15) is 5.75 Å². The highest BCUT2D eigenvalue weighted by Gasteiger charge is 2.00. The lowest BCUT2D eigenvalue weighted by molar-refractivity contribution is 0.309. The lowest BCUT2D eigenvalue weighted by Gasteiger charge is -2.10. The quantitative estimate of drug-likeness (QED) is 0.761. The van der Waals surface area contributed by atoms with E-state index >= 15 is 0 Å². The lowest BCUT2D eigenvalue weighted by atomic mass is 10.2. The Morgan fingerprint density at radius 1 is 1.05 bits per heavy atom. The van der Waals surface area contributed by atoms with Crippen molar-refractivity contribution in [2.45, 2.75) is 40.2 Å². The predicted octanol–water partition coefficient (Wildman–Crippen LogP) is 4.49. The van der Waals surface area contributed by atoms with Gasteiger partial charge >= 0.3 is 0 Å². The first-order valence-corrected chi connectivity index (χ1v) is 7.59. The largest absolute Gasteiger partial charge is 0.494 e. The Morgan fingerprint density at radius 3 is 2.48 bits per heavy atom. The zero-order valence-electron chi connectivity index (χ0n) is 13.1. The number of anilines is 1. The number of aromatic nitrogens is 1. The first kappa shape index (κ1) is 15.4. The molecule has 0 unspecified atom stereocenters. The van der Waals surface area contributed by atoms with Gasteiger partial charge in [0.25, 0.3) is 0 Å². The molecular formula is C18H24N2O. The van der Waals surface area contributed by atoms with Crippen LogP contribution >= 0.6 is 0 Å². The van der Waals surface area contributed by atoms with Crippen LogP contribution in [0.5, 0.6) is 5.75 Å². The van der Waals surface area contributed by atoms with E-state index in [1.807, 2.05) is 32.0 Å². The van der Waals surface area contributed by atoms with Crippen LogP contribution < -0.4 is 10.1 Å². The van der Waals surface area contributed by atoms with Gasteiger partial charge < -0.3 is 10.1 Å². The maximum absolute atomic E-state index is 5.67. The predicted molar refractivity (Wildman–Crippen MR) is 87.9 cm³/mol. The number of nitrogens with one attached hydrogen (secondary N) is 1. The Bertz CT molecular complexity index is 564. The maximum atomic E-state index is 5.67. The van der Waals surface area contributed by atoms with Crippen molar-refractivity contribution in [3.63, 3.8) is 0 Å². The molecule has 0 radical (unpaired) electrons. The summed E-state index contributed by atoms with van der Waals surface area (Å²) in [7, 11) is 0. The zero-order chi connectivity index (χ0) is 15.1. The molecule has 21 heavy (non-hydrogen) atoms. The summed E-state index contributed by atoms with van der Waals surface area (Å²) < 4.78 is 5.67. The van der Waals surface area contributed by atoms with E-state index in [9.17, 15) is 0 Å². The summed E-state index contributed by atoms with van der Waals surface area (Å²) in [5.74, 6) is 0.945. The molecule has 0 aliphatic rings. The molecule has 0 aliphatic heterocycles. The molecule has 1 N–H and O–H groups in total. The topological polar surface area (TPSA) is 34.1 Å². The summed E-state index contributed by atoms with van der Waals surface area (Å²) in [6, 6.07) is 12.4. The fourth-order valence-electron chi connectivity index (χ4n) is 2.11. The summed E-state index contributed by atoms with van der Waals surface area (Å²) >= 11 is 0. The van der Waals surface area contributed by atoms with Crippen molar-refractivity contribution in [3.05, 3.63) is 53.3 Å². The van der Waals surface area contributed by atoms with E-state index in [2.05, 4.69) is 35.4 Å². The van der Waals surface area contributed by atoms with E-state index in [1.54, 1.807) is 0 Å². The van der Waals surface area contributed by atoms with Gasteiger partial charge in [-0.15, -0.1) is 0 Å². The standard InChI is InChI=1S/C18H24N2O/c1-4-5-12-21-17-9-7-16(8-10-17)13-19-18-11-6-14(2)20-15(18)3/h6-11,19H,4-5,12-13H2,1-3H3. The second kappa shape index (κ2) is 7.67. The molecule has 1 aromatic heterocycles. The van der Waals surface area contributed by atoms with Crippen molar-refractivity contribution in [1.82, 2.24) is 4.98 Å². The minimum atomic E-state index is 0.792. The van der Waals surface area contributed by atoms with Gasteiger partial charge in [-0.25, -0.2) is 0 Å². The minimum Gasteiger partial charge on any atom is -0.494 e. The van der Waals surface area contributed by atoms with Crippen LogP contribution in [-0.4, -0.2) is 11.6 Å². The minimum absolute atomic E-state index is 0.792. The van der Waals surface area contributed by atoms with Gasteiger partial charge in [-0.3, -0.25) is 4.98 Å². The molecule has 0 saturated heterocycles. The van der Waals surface area contributed by atoms with Crippen molar-refractivity contribution in [1.29, 1.82) is 0 Å². The molecule has 2 rings (SSSR count). The Hall–Kier alpha value is -2.03. The maximum Gasteiger partial charge on any atom is 0.119 e. The third-order valence-corrected chi connectivity index (χ3v) is 3.40. The number of benzene rings is 1. The Kier molecular flexibility index (Phi) is 5.61. The third kappa shape index (κ3) is 4.78. The van der Waals surface area contributed by atoms with Crippen molar-refractivity contribution in [2.75, 3.05) is 11.9 Å². The van der Waals surface area contributed by atoms with E-state index in [-0.39, 0.29) is 0 Å². The van der Waals surface area contributed by atoms with E-state index in [4.69, 9.17) is 4.74 Å². The molecular weight excluding hydrogens is 260 g/mol. The monoisotopic (exact) mass is 284 g/mol. The van der Waals surface area contributed by atoms with Crippen molar-refractivity contribution in [3.8, 4) is 5.75 Å². The molecule has 0 saturated carbocycles.